The number of rotatable bonds is 7. The van der Waals surface area contributed by atoms with Crippen LogP contribution in [0.5, 0.6) is 0 Å². The molecule has 0 spiro atoms. The van der Waals surface area contributed by atoms with Gasteiger partial charge in [0, 0.05) is 10.9 Å². The molecule has 0 aliphatic rings. The Balaban J connectivity index is 2.28. The van der Waals surface area contributed by atoms with Gasteiger partial charge < -0.3 is 19.6 Å². The van der Waals surface area contributed by atoms with Crippen molar-refractivity contribution in [1.82, 2.24) is 5.32 Å². The lowest BCUT2D eigenvalue weighted by atomic mass is 9.88. The number of hydrogen-bond acceptors (Lipinski definition) is 4. The molecule has 1 atom stereocenters. The van der Waals surface area contributed by atoms with Crippen molar-refractivity contribution in [3.8, 4) is 0 Å². The number of nitrogens with one attached hydrogen (secondary N) is 1. The van der Waals surface area contributed by atoms with E-state index in [1.165, 1.54) is 0 Å². The van der Waals surface area contributed by atoms with Gasteiger partial charge in [-0.1, -0.05) is 39.0 Å². The van der Waals surface area contributed by atoms with Crippen LogP contribution in [-0.4, -0.2) is 29.8 Å². The molecule has 1 amide bonds. The van der Waals surface area contributed by atoms with Gasteiger partial charge in [-0.3, -0.25) is 4.79 Å². The van der Waals surface area contributed by atoms with Crippen molar-refractivity contribution < 1.29 is 19.1 Å². The summed E-state index contributed by atoms with van der Waals surface area (Å²) >= 11 is 0. The van der Waals surface area contributed by atoms with Crippen molar-refractivity contribution in [2.24, 2.45) is 5.41 Å². The maximum Gasteiger partial charge on any atom is 0.287 e. The smallest absolute Gasteiger partial charge is 0.287 e. The monoisotopic (exact) mass is 347 g/mol. The predicted octanol–water partition coefficient (Wildman–Crippen LogP) is 3.88. The lowest BCUT2D eigenvalue weighted by molar-refractivity contribution is 0.0639. The van der Waals surface area contributed by atoms with Crippen LogP contribution < -0.4 is 5.32 Å². The fourth-order valence-corrected chi connectivity index (χ4v) is 2.83. The number of carbonyl (C=O) groups is 1. The second-order valence-corrected chi connectivity index (χ2v) is 7.88. The van der Waals surface area contributed by atoms with E-state index in [-0.39, 0.29) is 35.8 Å². The Labute approximate surface area is 149 Å². The number of aliphatic hydroxyl groups excluding tert-OH is 1. The second-order valence-electron chi connectivity index (χ2n) is 7.88. The summed E-state index contributed by atoms with van der Waals surface area (Å²) in [5.41, 5.74) is 1.40. The van der Waals surface area contributed by atoms with Gasteiger partial charge >= 0.3 is 0 Å². The first-order valence-electron chi connectivity index (χ1n) is 8.75. The number of furan rings is 1. The van der Waals surface area contributed by atoms with Crippen LogP contribution in [0, 0.1) is 5.41 Å². The van der Waals surface area contributed by atoms with Crippen molar-refractivity contribution in [3.05, 3.63) is 35.6 Å². The van der Waals surface area contributed by atoms with Gasteiger partial charge in [-0.05, 0) is 31.7 Å². The summed E-state index contributed by atoms with van der Waals surface area (Å²) in [6.07, 6.45) is 0.725. The van der Waals surface area contributed by atoms with Gasteiger partial charge in [0.1, 0.15) is 5.58 Å². The summed E-state index contributed by atoms with van der Waals surface area (Å²) in [6, 6.07) is 7.22. The molecule has 5 nitrogen and oxygen atoms in total. The molecule has 1 unspecified atom stereocenters. The van der Waals surface area contributed by atoms with E-state index in [4.69, 9.17) is 9.15 Å². The lowest BCUT2D eigenvalue weighted by Gasteiger charge is -2.25. The Hall–Kier alpha value is -1.85. The Morgan fingerprint density at radius 3 is 2.56 bits per heavy atom. The molecule has 0 aliphatic heterocycles. The number of aliphatic hydroxyl groups is 1. The quantitative estimate of drug-likeness (QED) is 0.797. The molecule has 0 radical (unpaired) electrons. The third-order valence-corrected chi connectivity index (χ3v) is 3.88. The van der Waals surface area contributed by atoms with Crippen LogP contribution in [0.2, 0.25) is 0 Å². The average molecular weight is 347 g/mol. The fourth-order valence-electron chi connectivity index (χ4n) is 2.83. The van der Waals surface area contributed by atoms with E-state index in [1.807, 2.05) is 38.1 Å². The number of benzene rings is 1. The maximum absolute atomic E-state index is 12.8. The summed E-state index contributed by atoms with van der Waals surface area (Å²) in [7, 11) is 0. The van der Waals surface area contributed by atoms with E-state index >= 15 is 0 Å². The molecule has 0 saturated carbocycles. The molecule has 25 heavy (non-hydrogen) atoms. The lowest BCUT2D eigenvalue weighted by Crippen LogP contribution is -2.40. The van der Waals surface area contributed by atoms with Crippen LogP contribution in [0.15, 0.2) is 28.7 Å². The normalized spacial score (nSPS) is 13.4. The molecule has 5 heteroatoms. The molecule has 2 aromatic rings. The number of amides is 1. The minimum absolute atomic E-state index is 0.00185. The molecule has 0 saturated heterocycles. The van der Waals surface area contributed by atoms with Crippen LogP contribution in [0.4, 0.5) is 0 Å². The Kier molecular flexibility index (Phi) is 6.25. The van der Waals surface area contributed by atoms with Gasteiger partial charge in [0.05, 0.1) is 25.4 Å². The van der Waals surface area contributed by atoms with Crippen LogP contribution in [0.25, 0.3) is 11.0 Å². The minimum atomic E-state index is -0.320. The van der Waals surface area contributed by atoms with Crippen molar-refractivity contribution in [3.63, 3.8) is 0 Å². The number of para-hydroxylation sites is 1. The molecule has 0 bridgehead atoms. The highest BCUT2D eigenvalue weighted by Gasteiger charge is 2.25. The summed E-state index contributed by atoms with van der Waals surface area (Å²) in [5.74, 6) is -0.0592. The van der Waals surface area contributed by atoms with E-state index in [2.05, 4.69) is 26.1 Å². The molecule has 0 fully saturated rings. The zero-order chi connectivity index (χ0) is 18.6. The first kappa shape index (κ1) is 19.5. The van der Waals surface area contributed by atoms with Gasteiger partial charge in [-0.15, -0.1) is 0 Å². The summed E-state index contributed by atoms with van der Waals surface area (Å²) in [4.78, 5) is 12.8. The Morgan fingerprint density at radius 1 is 1.28 bits per heavy atom. The highest BCUT2D eigenvalue weighted by Crippen LogP contribution is 2.27. The highest BCUT2D eigenvalue weighted by molar-refractivity contribution is 5.99. The maximum atomic E-state index is 12.8. The van der Waals surface area contributed by atoms with Crippen molar-refractivity contribution in [1.29, 1.82) is 0 Å². The molecular weight excluding hydrogens is 318 g/mol. The van der Waals surface area contributed by atoms with Crippen LogP contribution in [-0.2, 0) is 11.3 Å². The zero-order valence-corrected chi connectivity index (χ0v) is 15.8. The molecular formula is C20H29NO4. The highest BCUT2D eigenvalue weighted by atomic mass is 16.5. The largest absolute Gasteiger partial charge is 0.451 e. The molecule has 2 N–H and O–H groups in total. The first-order valence-corrected chi connectivity index (χ1v) is 8.75. The third kappa shape index (κ3) is 5.31. The number of carbonyl (C=O) groups excluding carboxylic acids is 1. The molecule has 2 rings (SSSR count). The summed E-state index contributed by atoms with van der Waals surface area (Å²) in [6.45, 7) is 10.3. The predicted molar refractivity (Wildman–Crippen MR) is 98.6 cm³/mol. The number of fused-ring (bicyclic) bond motifs is 1. The van der Waals surface area contributed by atoms with Gasteiger partial charge in [0.15, 0.2) is 5.76 Å². The Bertz CT molecular complexity index is 712. The van der Waals surface area contributed by atoms with Gasteiger partial charge in [-0.25, -0.2) is 0 Å². The summed E-state index contributed by atoms with van der Waals surface area (Å²) in [5, 5.41) is 13.4. The minimum Gasteiger partial charge on any atom is -0.451 e. The number of ether oxygens (including phenoxy) is 1. The van der Waals surface area contributed by atoms with E-state index in [0.717, 1.165) is 10.9 Å². The van der Waals surface area contributed by atoms with Crippen molar-refractivity contribution >= 4 is 16.9 Å². The van der Waals surface area contributed by atoms with E-state index in [0.29, 0.717) is 18.6 Å². The fraction of sp³-hybridized carbons (Fsp3) is 0.550. The Morgan fingerprint density at radius 2 is 1.96 bits per heavy atom. The van der Waals surface area contributed by atoms with Crippen LogP contribution in [0.1, 0.15) is 57.2 Å². The van der Waals surface area contributed by atoms with Crippen molar-refractivity contribution in [2.45, 2.75) is 59.8 Å². The van der Waals surface area contributed by atoms with Crippen LogP contribution >= 0.6 is 0 Å². The third-order valence-electron chi connectivity index (χ3n) is 3.88. The second kappa shape index (κ2) is 8.02. The number of hydrogen-bond donors (Lipinski definition) is 2. The van der Waals surface area contributed by atoms with Gasteiger partial charge in [0.2, 0.25) is 0 Å². The van der Waals surface area contributed by atoms with Crippen molar-refractivity contribution in [2.75, 3.05) is 6.61 Å². The van der Waals surface area contributed by atoms with E-state index in [9.17, 15) is 9.90 Å². The molecule has 1 aromatic carbocycles. The molecule has 138 valence electrons. The molecule has 1 aromatic heterocycles. The van der Waals surface area contributed by atoms with Gasteiger partial charge in [0.25, 0.3) is 5.91 Å². The standard InChI is InChI=1S/C20H29NO4/c1-13(2)24-12-16-15-8-6-7-9-17(15)25-18(16)19(23)21-14(11-22)10-20(3,4)5/h6-9,13-14,22H,10-12H2,1-5H3,(H,21,23). The van der Waals surface area contributed by atoms with E-state index in [1.54, 1.807) is 0 Å². The summed E-state index contributed by atoms with van der Waals surface area (Å²) < 4.78 is 11.5. The van der Waals surface area contributed by atoms with Crippen LogP contribution in [0.3, 0.4) is 0 Å². The average Bonchev–Trinajstić information content (AvgIpc) is 2.89. The first-order chi connectivity index (χ1) is 11.7. The van der Waals surface area contributed by atoms with Gasteiger partial charge in [-0.2, -0.15) is 0 Å². The van der Waals surface area contributed by atoms with E-state index < -0.39 is 0 Å². The topological polar surface area (TPSA) is 71.7 Å². The zero-order valence-electron chi connectivity index (χ0n) is 15.8. The molecule has 1 heterocycles. The SMILES string of the molecule is CC(C)OCc1c(C(=O)NC(CO)CC(C)(C)C)oc2ccccc12. The molecule has 0 aliphatic carbocycles.